The van der Waals surface area contributed by atoms with E-state index in [4.69, 9.17) is 0 Å². The molecule has 0 aromatic heterocycles. The van der Waals surface area contributed by atoms with Crippen molar-refractivity contribution in [1.29, 1.82) is 0 Å². The van der Waals surface area contributed by atoms with E-state index in [1.165, 1.54) is 51.4 Å². The van der Waals surface area contributed by atoms with Crippen LogP contribution in [0.2, 0.25) is 9.10 Å². The Morgan fingerprint density at radius 3 is 2.00 bits per heavy atom. The first-order valence-electron chi connectivity index (χ1n) is 7.35. The largest absolute Gasteiger partial charge is 0.364 e. The maximum absolute atomic E-state index is 2.35. The fourth-order valence-corrected chi connectivity index (χ4v) is 4.65. The molecule has 0 atom stereocenters. The van der Waals surface area contributed by atoms with Crippen molar-refractivity contribution < 1.29 is 0 Å². The van der Waals surface area contributed by atoms with Gasteiger partial charge in [0.05, 0.1) is 0 Å². The predicted octanol–water partition coefficient (Wildman–Crippen LogP) is 5.32. The Labute approximate surface area is 107 Å². The summed E-state index contributed by atoms with van der Waals surface area (Å²) in [5, 5.41) is 0. The third kappa shape index (κ3) is 11.0. The molecule has 1 heteroatoms. The molecule has 0 aromatic carbocycles. The molecule has 0 spiro atoms. The van der Waals surface area contributed by atoms with Crippen LogP contribution < -0.4 is 0 Å². The molecule has 15 heavy (non-hydrogen) atoms. The highest BCUT2D eigenvalue weighted by atomic mass is 24.5. The Bertz CT molecular complexity index is 108. The van der Waals surface area contributed by atoms with Crippen LogP contribution in [0.15, 0.2) is 0 Å². The number of hydrogen-bond acceptors (Lipinski definition) is 0. The summed E-state index contributed by atoms with van der Waals surface area (Å²) >= 11 is 0.302. The van der Waals surface area contributed by atoms with Crippen LogP contribution >= 0.6 is 0 Å². The van der Waals surface area contributed by atoms with Crippen LogP contribution in [-0.2, 0) is 0 Å². The maximum Gasteiger partial charge on any atom is 0.364 e. The van der Waals surface area contributed by atoms with Crippen molar-refractivity contribution in [3.05, 3.63) is 0 Å². The number of hydrogen-bond donors (Lipinski definition) is 0. The molecule has 0 nitrogen and oxygen atoms in total. The minimum atomic E-state index is 0.302. The van der Waals surface area contributed by atoms with Crippen molar-refractivity contribution in [2.45, 2.75) is 81.2 Å². The van der Waals surface area contributed by atoms with Gasteiger partial charge in [-0.2, -0.15) is 0 Å². The van der Waals surface area contributed by atoms with Crippen molar-refractivity contribution in [3.63, 3.8) is 0 Å². The van der Waals surface area contributed by atoms with Gasteiger partial charge in [-0.05, 0) is 0 Å². The van der Waals surface area contributed by atoms with Crippen LogP contribution in [0.1, 0.15) is 72.1 Å². The average Bonchev–Trinajstić information content (AvgIpc) is 2.27. The lowest BCUT2D eigenvalue weighted by molar-refractivity contribution is 0.540. The Morgan fingerprint density at radius 2 is 1.40 bits per heavy atom. The summed E-state index contributed by atoms with van der Waals surface area (Å²) in [6.45, 7) is 7.00. The second-order valence-electron chi connectivity index (χ2n) is 4.95. The van der Waals surface area contributed by atoms with E-state index < -0.39 is 0 Å². The maximum atomic E-state index is 2.35. The first-order chi connectivity index (χ1) is 7.35. The number of unbranched alkanes of at least 4 members (excludes halogenated alkanes) is 5. The van der Waals surface area contributed by atoms with Gasteiger partial charge < -0.3 is 0 Å². The van der Waals surface area contributed by atoms with E-state index in [9.17, 15) is 0 Å². The molecule has 0 fully saturated rings. The van der Waals surface area contributed by atoms with Crippen LogP contribution in [0.4, 0.5) is 0 Å². The van der Waals surface area contributed by atoms with E-state index in [-0.39, 0.29) is 0 Å². The molecular formula is C14H30Mg. The second-order valence-corrected chi connectivity index (χ2v) is 6.94. The summed E-state index contributed by atoms with van der Waals surface area (Å²) in [4.78, 5) is 0. The van der Waals surface area contributed by atoms with E-state index in [1.54, 1.807) is 9.10 Å². The minimum absolute atomic E-state index is 0.302. The van der Waals surface area contributed by atoms with Gasteiger partial charge in [0.25, 0.3) is 0 Å². The van der Waals surface area contributed by atoms with E-state index in [0.717, 1.165) is 5.92 Å². The predicted molar refractivity (Wildman–Crippen MR) is 72.8 cm³/mol. The van der Waals surface area contributed by atoms with Gasteiger partial charge in [0.2, 0.25) is 0 Å². The van der Waals surface area contributed by atoms with Crippen LogP contribution in [0.25, 0.3) is 0 Å². The molecule has 0 saturated carbocycles. The van der Waals surface area contributed by atoms with Crippen LogP contribution in [-0.4, -0.2) is 20.4 Å². The van der Waals surface area contributed by atoms with Gasteiger partial charge in [-0.1, -0.05) is 78.1 Å². The standard InChI is InChI=1S/C8H17.C6H13.Mg/c1-3-5-7-8-6-4-2;1-4-6(3)5-2;/h1,3-8H2,2H3;6H,3-5H2,1-2H3;. The van der Waals surface area contributed by atoms with Crippen LogP contribution in [0, 0.1) is 5.92 Å². The molecule has 0 unspecified atom stereocenters. The fraction of sp³-hybridized carbons (Fsp3) is 1.00. The summed E-state index contributed by atoms with van der Waals surface area (Å²) in [6, 6.07) is 0. The Balaban J connectivity index is 3.04. The van der Waals surface area contributed by atoms with Gasteiger partial charge in [0.15, 0.2) is 0 Å². The van der Waals surface area contributed by atoms with Gasteiger partial charge in [-0.3, -0.25) is 0 Å². The zero-order chi connectivity index (χ0) is 11.4. The highest BCUT2D eigenvalue weighted by molar-refractivity contribution is 6.35. The smallest absolute Gasteiger partial charge is 0.146 e. The molecule has 88 valence electrons. The first-order valence-corrected chi connectivity index (χ1v) is 9.35. The highest BCUT2D eigenvalue weighted by Gasteiger charge is 2.04. The topological polar surface area (TPSA) is 0 Å². The van der Waals surface area contributed by atoms with Gasteiger partial charge in [-0.15, -0.1) is 9.10 Å². The van der Waals surface area contributed by atoms with E-state index in [1.807, 2.05) is 0 Å². The zero-order valence-corrected chi connectivity index (χ0v) is 12.8. The van der Waals surface area contributed by atoms with Gasteiger partial charge >= 0.3 is 20.4 Å². The molecule has 0 amide bonds. The van der Waals surface area contributed by atoms with Crippen molar-refractivity contribution in [2.75, 3.05) is 0 Å². The van der Waals surface area contributed by atoms with Crippen molar-refractivity contribution >= 4 is 20.4 Å². The zero-order valence-electron chi connectivity index (χ0n) is 11.4. The second kappa shape index (κ2) is 12.8. The Morgan fingerprint density at radius 1 is 0.800 bits per heavy atom. The summed E-state index contributed by atoms with van der Waals surface area (Å²) in [5.41, 5.74) is 0. The molecule has 0 N–H and O–H groups in total. The quantitative estimate of drug-likeness (QED) is 0.328. The lowest BCUT2D eigenvalue weighted by Gasteiger charge is -2.10. The lowest BCUT2D eigenvalue weighted by Crippen LogP contribution is -2.01. The van der Waals surface area contributed by atoms with E-state index in [0.29, 0.717) is 20.4 Å². The van der Waals surface area contributed by atoms with Gasteiger partial charge in [-0.25, -0.2) is 0 Å². The van der Waals surface area contributed by atoms with Crippen molar-refractivity contribution in [3.8, 4) is 0 Å². The molecule has 0 aromatic rings. The number of rotatable bonds is 11. The average molecular weight is 223 g/mol. The van der Waals surface area contributed by atoms with E-state index in [2.05, 4.69) is 20.8 Å². The first kappa shape index (κ1) is 15.8. The summed E-state index contributed by atoms with van der Waals surface area (Å²) in [7, 11) is 0. The molecular weight excluding hydrogens is 192 g/mol. The fourth-order valence-electron chi connectivity index (χ4n) is 2.26. The van der Waals surface area contributed by atoms with E-state index >= 15 is 0 Å². The molecule has 0 bridgehead atoms. The molecule has 0 aliphatic carbocycles. The normalized spacial score (nSPS) is 10.7. The molecule has 0 rings (SSSR count). The summed E-state index contributed by atoms with van der Waals surface area (Å²) in [6.07, 6.45) is 11.7. The molecule has 0 aliphatic heterocycles. The van der Waals surface area contributed by atoms with Crippen molar-refractivity contribution in [1.82, 2.24) is 0 Å². The minimum Gasteiger partial charge on any atom is -0.146 e. The monoisotopic (exact) mass is 222 g/mol. The third-order valence-corrected chi connectivity index (χ3v) is 5.85. The summed E-state index contributed by atoms with van der Waals surface area (Å²) < 4.78 is 3.23. The SMILES string of the molecule is CCCCCCC[CH2][Mg][CH2]C(CC)CC. The summed E-state index contributed by atoms with van der Waals surface area (Å²) in [5.74, 6) is 1.07. The van der Waals surface area contributed by atoms with Crippen LogP contribution in [0.3, 0.4) is 0 Å². The molecule has 0 aliphatic rings. The third-order valence-electron chi connectivity index (χ3n) is 3.62. The van der Waals surface area contributed by atoms with Crippen LogP contribution in [0.5, 0.6) is 0 Å². The van der Waals surface area contributed by atoms with Crippen molar-refractivity contribution in [2.24, 2.45) is 5.92 Å². The highest BCUT2D eigenvalue weighted by Crippen LogP contribution is 2.14. The van der Waals surface area contributed by atoms with Gasteiger partial charge in [0.1, 0.15) is 0 Å². The Kier molecular flexibility index (Phi) is 13.5. The molecule has 0 radical (unpaired) electrons. The molecule has 0 saturated heterocycles. The Hall–Kier alpha value is 0.766. The lowest BCUT2D eigenvalue weighted by atomic mass is 10.1. The molecule has 0 heterocycles. The van der Waals surface area contributed by atoms with Gasteiger partial charge in [0, 0.05) is 0 Å².